The largest absolute Gasteiger partial charge is 0.321 e. The van der Waals surface area contributed by atoms with Crippen molar-refractivity contribution in [2.45, 2.75) is 18.6 Å². The summed E-state index contributed by atoms with van der Waals surface area (Å²) in [5.41, 5.74) is 2.61. The molecule has 0 bridgehead atoms. The summed E-state index contributed by atoms with van der Waals surface area (Å²) in [6.07, 6.45) is 0.299. The highest BCUT2D eigenvalue weighted by molar-refractivity contribution is 8.05. The number of rotatable bonds is 5. The van der Waals surface area contributed by atoms with E-state index in [4.69, 9.17) is 23.2 Å². The molecular weight excluding hydrogens is 489 g/mol. The predicted molar refractivity (Wildman–Crippen MR) is 138 cm³/mol. The number of aryl methyl sites for hydroxylation is 1. The molecule has 0 aromatic heterocycles. The third-order valence-corrected chi connectivity index (χ3v) is 7.17. The molecule has 1 atom stereocenters. The summed E-state index contributed by atoms with van der Waals surface area (Å²) < 4.78 is 0. The highest BCUT2D eigenvalue weighted by atomic mass is 35.5. The Bertz CT molecular complexity index is 1340. The molecule has 8 heteroatoms. The fourth-order valence-corrected chi connectivity index (χ4v) is 5.31. The first-order valence-electron chi connectivity index (χ1n) is 10.4. The van der Waals surface area contributed by atoms with Crippen LogP contribution in [-0.2, 0) is 16.0 Å². The molecule has 34 heavy (non-hydrogen) atoms. The van der Waals surface area contributed by atoms with Gasteiger partial charge in [-0.25, -0.2) is 0 Å². The van der Waals surface area contributed by atoms with E-state index in [-0.39, 0.29) is 11.5 Å². The average Bonchev–Trinajstić information content (AvgIpc) is 3.13. The molecule has 5 nitrogen and oxygen atoms in total. The second-order valence-electron chi connectivity index (χ2n) is 7.62. The minimum atomic E-state index is -0.585. The Kier molecular flexibility index (Phi) is 7.28. The third kappa shape index (κ3) is 4.97. The lowest BCUT2D eigenvalue weighted by Crippen LogP contribution is -2.31. The number of nitrogens with zero attached hydrogens (tertiary/aromatic N) is 2. The molecule has 1 N–H and O–H groups in total. The molecule has 170 valence electrons. The zero-order valence-electron chi connectivity index (χ0n) is 18.1. The molecular formula is C26H19Cl2N3O2S. The first-order valence-corrected chi connectivity index (χ1v) is 12.0. The van der Waals surface area contributed by atoms with Crippen molar-refractivity contribution in [1.82, 2.24) is 0 Å². The summed E-state index contributed by atoms with van der Waals surface area (Å²) in [6.45, 7) is 1.88. The van der Waals surface area contributed by atoms with E-state index >= 15 is 0 Å². The van der Waals surface area contributed by atoms with Crippen LogP contribution in [0, 0.1) is 18.3 Å². The van der Waals surface area contributed by atoms with Gasteiger partial charge in [0.1, 0.15) is 16.7 Å². The Labute approximate surface area is 212 Å². The summed E-state index contributed by atoms with van der Waals surface area (Å²) in [5.74, 6) is -0.811. The Balaban J connectivity index is 1.76. The van der Waals surface area contributed by atoms with Crippen LogP contribution in [0.3, 0.4) is 0 Å². The molecule has 3 aromatic rings. The van der Waals surface area contributed by atoms with Gasteiger partial charge in [-0.2, -0.15) is 5.26 Å². The summed E-state index contributed by atoms with van der Waals surface area (Å²) in [5, 5.41) is 13.4. The normalized spacial score (nSPS) is 16.8. The monoisotopic (exact) mass is 507 g/mol. The van der Waals surface area contributed by atoms with Crippen molar-refractivity contribution in [3.63, 3.8) is 0 Å². The predicted octanol–water partition coefficient (Wildman–Crippen LogP) is 6.37. The van der Waals surface area contributed by atoms with Crippen LogP contribution in [0.5, 0.6) is 0 Å². The van der Waals surface area contributed by atoms with Gasteiger partial charge in [0.25, 0.3) is 5.91 Å². The van der Waals surface area contributed by atoms with Crippen molar-refractivity contribution < 1.29 is 9.59 Å². The van der Waals surface area contributed by atoms with Gasteiger partial charge in [-0.1, -0.05) is 71.4 Å². The molecule has 4 rings (SSSR count). The highest BCUT2D eigenvalue weighted by Gasteiger charge is 2.41. The van der Waals surface area contributed by atoms with Crippen LogP contribution in [0.4, 0.5) is 11.4 Å². The van der Waals surface area contributed by atoms with Crippen LogP contribution < -0.4 is 10.2 Å². The fourth-order valence-electron chi connectivity index (χ4n) is 3.63. The molecule has 0 aliphatic carbocycles. The van der Waals surface area contributed by atoms with E-state index in [1.807, 2.05) is 37.3 Å². The van der Waals surface area contributed by atoms with Gasteiger partial charge in [0.15, 0.2) is 0 Å². The van der Waals surface area contributed by atoms with Crippen molar-refractivity contribution in [3.8, 4) is 6.07 Å². The number of carbonyl (C=O) groups excluding carboxylic acids is 2. The summed E-state index contributed by atoms with van der Waals surface area (Å²) in [7, 11) is 0. The number of hydrogen-bond donors (Lipinski definition) is 1. The first kappa shape index (κ1) is 23.9. The van der Waals surface area contributed by atoms with E-state index in [1.54, 1.807) is 48.5 Å². The van der Waals surface area contributed by atoms with E-state index in [1.165, 1.54) is 16.7 Å². The van der Waals surface area contributed by atoms with Gasteiger partial charge in [-0.3, -0.25) is 14.5 Å². The van der Waals surface area contributed by atoms with Crippen molar-refractivity contribution in [2.24, 2.45) is 0 Å². The Morgan fingerprint density at radius 1 is 1.09 bits per heavy atom. The van der Waals surface area contributed by atoms with E-state index in [0.29, 0.717) is 32.9 Å². The van der Waals surface area contributed by atoms with E-state index < -0.39 is 11.2 Å². The highest BCUT2D eigenvalue weighted by Crippen LogP contribution is 2.43. The topological polar surface area (TPSA) is 73.2 Å². The van der Waals surface area contributed by atoms with Gasteiger partial charge >= 0.3 is 0 Å². The van der Waals surface area contributed by atoms with Gasteiger partial charge in [-0.05, 0) is 60.9 Å². The lowest BCUT2D eigenvalue weighted by Gasteiger charge is -2.20. The number of thioether (sulfide) groups is 1. The molecule has 0 radical (unpaired) electrons. The van der Waals surface area contributed by atoms with Crippen molar-refractivity contribution >= 4 is 58.2 Å². The number of amides is 2. The van der Waals surface area contributed by atoms with E-state index in [9.17, 15) is 14.9 Å². The second-order valence-corrected chi connectivity index (χ2v) is 9.65. The molecule has 1 aliphatic rings. The lowest BCUT2D eigenvalue weighted by molar-refractivity contribution is -0.117. The number of carbonyl (C=O) groups is 2. The maximum absolute atomic E-state index is 13.6. The summed E-state index contributed by atoms with van der Waals surface area (Å²) in [4.78, 5) is 28.2. The Hall–Kier alpha value is -3.24. The van der Waals surface area contributed by atoms with E-state index in [0.717, 1.165) is 11.1 Å². The van der Waals surface area contributed by atoms with Crippen molar-refractivity contribution in [3.05, 3.63) is 105 Å². The van der Waals surface area contributed by atoms with Crippen LogP contribution in [0.2, 0.25) is 10.0 Å². The molecule has 1 saturated heterocycles. The zero-order valence-corrected chi connectivity index (χ0v) is 20.4. The molecule has 0 saturated carbocycles. The number of nitrogens with one attached hydrogen (secondary N) is 1. The SMILES string of the molecule is Cc1ccccc1N1C(=O)C(Cc2cc(Cl)ccc2Cl)S/C1=C(/C#N)C(=O)Nc1ccccc1. The molecule has 1 unspecified atom stereocenters. The van der Waals surface area contributed by atoms with Gasteiger partial charge in [0.2, 0.25) is 5.91 Å². The zero-order chi connectivity index (χ0) is 24.2. The van der Waals surface area contributed by atoms with Crippen LogP contribution >= 0.6 is 35.0 Å². The molecule has 1 heterocycles. The van der Waals surface area contributed by atoms with Crippen LogP contribution in [0.15, 0.2) is 83.4 Å². The lowest BCUT2D eigenvalue weighted by atomic mass is 10.1. The van der Waals surface area contributed by atoms with Crippen LogP contribution in [-0.4, -0.2) is 17.1 Å². The van der Waals surface area contributed by atoms with Crippen molar-refractivity contribution in [1.29, 1.82) is 5.26 Å². The average molecular weight is 508 g/mol. The maximum Gasteiger partial charge on any atom is 0.269 e. The molecule has 0 spiro atoms. The number of hydrogen-bond acceptors (Lipinski definition) is 4. The molecule has 1 fully saturated rings. The Morgan fingerprint density at radius 2 is 1.79 bits per heavy atom. The summed E-state index contributed by atoms with van der Waals surface area (Å²) in [6, 6.07) is 23.3. The van der Waals surface area contributed by atoms with Gasteiger partial charge in [-0.15, -0.1) is 0 Å². The van der Waals surface area contributed by atoms with Crippen LogP contribution in [0.1, 0.15) is 11.1 Å². The van der Waals surface area contributed by atoms with Crippen molar-refractivity contribution in [2.75, 3.05) is 10.2 Å². The second kappa shape index (κ2) is 10.4. The number of anilines is 2. The molecule has 2 amide bonds. The summed E-state index contributed by atoms with van der Waals surface area (Å²) >= 11 is 13.7. The smallest absolute Gasteiger partial charge is 0.269 e. The molecule has 1 aliphatic heterocycles. The minimum Gasteiger partial charge on any atom is -0.321 e. The number of benzene rings is 3. The standard InChI is InChI=1S/C26H19Cl2N3O2S/c1-16-7-5-6-10-22(16)31-25(33)23(14-17-13-18(27)11-12-21(17)28)34-26(31)20(15-29)24(32)30-19-8-3-2-4-9-19/h2-13,23H,14H2,1H3,(H,30,32)/b26-20-. The fraction of sp³-hybridized carbons (Fsp3) is 0.115. The quantitative estimate of drug-likeness (QED) is 0.321. The maximum atomic E-state index is 13.6. The van der Waals surface area contributed by atoms with Gasteiger partial charge < -0.3 is 5.32 Å². The number of para-hydroxylation sites is 2. The first-order chi connectivity index (χ1) is 16.4. The number of nitriles is 1. The minimum absolute atomic E-state index is 0.134. The number of halogens is 2. The van der Waals surface area contributed by atoms with Gasteiger partial charge in [0.05, 0.1) is 10.9 Å². The molecule has 3 aromatic carbocycles. The van der Waals surface area contributed by atoms with E-state index in [2.05, 4.69) is 5.32 Å². The third-order valence-electron chi connectivity index (χ3n) is 5.31. The van der Waals surface area contributed by atoms with Gasteiger partial charge in [0, 0.05) is 15.7 Å². The van der Waals surface area contributed by atoms with Crippen LogP contribution in [0.25, 0.3) is 0 Å². The Morgan fingerprint density at radius 3 is 2.50 bits per heavy atom.